The molecule has 0 atom stereocenters. The lowest BCUT2D eigenvalue weighted by Gasteiger charge is -2.18. The molecule has 0 saturated heterocycles. The molecule has 6 heteroatoms. The van der Waals surface area contributed by atoms with E-state index in [1.54, 1.807) is 0 Å². The number of halogens is 3. The van der Waals surface area contributed by atoms with Crippen molar-refractivity contribution >= 4 is 61.6 Å². The highest BCUT2D eigenvalue weighted by molar-refractivity contribution is 9.10. The van der Waals surface area contributed by atoms with Gasteiger partial charge in [-0.15, -0.1) is 0 Å². The number of pyridine rings is 1. The van der Waals surface area contributed by atoms with E-state index in [1.165, 1.54) is 0 Å². The quantitative estimate of drug-likeness (QED) is 0.290. The Morgan fingerprint density at radius 2 is 1.72 bits per heavy atom. The van der Waals surface area contributed by atoms with Gasteiger partial charge in [-0.25, -0.2) is 4.98 Å². The van der Waals surface area contributed by atoms with Gasteiger partial charge >= 0.3 is 0 Å². The lowest BCUT2D eigenvalue weighted by atomic mass is 9.94. The molecule has 0 saturated carbocycles. The Morgan fingerprint density at radius 3 is 2.44 bits per heavy atom. The van der Waals surface area contributed by atoms with Crippen LogP contribution in [0.3, 0.4) is 0 Å². The molecule has 0 aliphatic heterocycles. The normalized spacial score (nSPS) is 11.1. The van der Waals surface area contributed by atoms with Gasteiger partial charge in [0, 0.05) is 26.1 Å². The van der Waals surface area contributed by atoms with E-state index in [0.29, 0.717) is 21.3 Å². The topological polar surface area (TPSA) is 42.0 Å². The third-order valence-electron chi connectivity index (χ3n) is 5.58. The third-order valence-corrected chi connectivity index (χ3v) is 7.19. The van der Waals surface area contributed by atoms with Crippen LogP contribution in [-0.2, 0) is 0 Å². The molecule has 1 heterocycles. The number of nitrogens with one attached hydrogen (secondary N) is 1. The van der Waals surface area contributed by atoms with Crippen molar-refractivity contribution in [3.8, 4) is 11.3 Å². The first-order chi connectivity index (χ1) is 15.2. The summed E-state index contributed by atoms with van der Waals surface area (Å²) >= 11 is 16.1. The molecule has 3 nitrogen and oxygen atoms in total. The highest BCUT2D eigenvalue weighted by Gasteiger charge is 2.21. The van der Waals surface area contributed by atoms with Gasteiger partial charge in [0.2, 0.25) is 0 Å². The Balaban J connectivity index is 1.95. The zero-order valence-electron chi connectivity index (χ0n) is 18.1. The molecule has 3 aromatic carbocycles. The molecule has 0 radical (unpaired) electrons. The van der Waals surface area contributed by atoms with Crippen molar-refractivity contribution in [2.75, 3.05) is 5.32 Å². The van der Waals surface area contributed by atoms with Crippen molar-refractivity contribution in [3.63, 3.8) is 0 Å². The smallest absolute Gasteiger partial charge is 0.256 e. The van der Waals surface area contributed by atoms with Gasteiger partial charge in [0.05, 0.1) is 21.8 Å². The Morgan fingerprint density at radius 1 is 0.969 bits per heavy atom. The fourth-order valence-electron chi connectivity index (χ4n) is 4.00. The highest BCUT2D eigenvalue weighted by Crippen LogP contribution is 2.35. The number of amides is 1. The molecule has 32 heavy (non-hydrogen) atoms. The molecule has 162 valence electrons. The van der Waals surface area contributed by atoms with E-state index in [0.717, 1.165) is 48.9 Å². The molecule has 1 N–H and O–H groups in total. The van der Waals surface area contributed by atoms with Crippen LogP contribution < -0.4 is 5.32 Å². The molecule has 1 amide bonds. The van der Waals surface area contributed by atoms with E-state index in [9.17, 15) is 4.79 Å². The predicted octanol–water partition coefficient (Wildman–Crippen LogP) is 8.46. The lowest BCUT2D eigenvalue weighted by Crippen LogP contribution is -2.16. The summed E-state index contributed by atoms with van der Waals surface area (Å²) < 4.78 is 0.787. The Hall–Kier alpha value is -2.40. The van der Waals surface area contributed by atoms with Crippen molar-refractivity contribution in [3.05, 3.63) is 90.9 Å². The number of benzene rings is 3. The summed E-state index contributed by atoms with van der Waals surface area (Å²) in [6.07, 6.45) is 0. The van der Waals surface area contributed by atoms with Gasteiger partial charge < -0.3 is 5.32 Å². The summed E-state index contributed by atoms with van der Waals surface area (Å²) in [5, 5.41) is 5.08. The molecule has 0 fully saturated rings. The van der Waals surface area contributed by atoms with Gasteiger partial charge in [-0.05, 0) is 90.6 Å². The van der Waals surface area contributed by atoms with Gasteiger partial charge in [-0.1, -0.05) is 47.0 Å². The molecule has 0 bridgehead atoms. The van der Waals surface area contributed by atoms with Crippen LogP contribution in [0.5, 0.6) is 0 Å². The van der Waals surface area contributed by atoms with Crippen molar-refractivity contribution in [1.82, 2.24) is 4.98 Å². The van der Waals surface area contributed by atoms with Crippen LogP contribution in [0.25, 0.3) is 22.2 Å². The minimum absolute atomic E-state index is 0.204. The number of anilines is 1. The standard InChI is InChI=1S/C26H21BrCl2N2O/c1-13-10-14(2)24-19(11-13)22(16(4)25(31-24)17-6-5-7-18(28)12-17)26(32)30-21-9-8-20(27)23(29)15(21)3/h5-12H,1-4H3,(H,30,32). The monoisotopic (exact) mass is 526 g/mol. The van der Waals surface area contributed by atoms with Crippen LogP contribution in [0.1, 0.15) is 32.6 Å². The van der Waals surface area contributed by atoms with Crippen molar-refractivity contribution in [2.45, 2.75) is 27.7 Å². The number of fused-ring (bicyclic) bond motifs is 1. The van der Waals surface area contributed by atoms with E-state index >= 15 is 0 Å². The fraction of sp³-hybridized carbons (Fsp3) is 0.154. The molecule has 0 unspecified atom stereocenters. The van der Waals surface area contributed by atoms with E-state index in [1.807, 2.05) is 70.2 Å². The Kier molecular flexibility index (Phi) is 6.30. The minimum atomic E-state index is -0.204. The first kappa shape index (κ1) is 22.8. The van der Waals surface area contributed by atoms with Gasteiger partial charge in [0.25, 0.3) is 5.91 Å². The van der Waals surface area contributed by atoms with Crippen LogP contribution >= 0.6 is 39.1 Å². The zero-order chi connectivity index (χ0) is 23.2. The second kappa shape index (κ2) is 8.86. The maximum absolute atomic E-state index is 13.7. The van der Waals surface area contributed by atoms with E-state index in [4.69, 9.17) is 28.2 Å². The van der Waals surface area contributed by atoms with Crippen molar-refractivity contribution in [2.24, 2.45) is 0 Å². The average Bonchev–Trinajstić information content (AvgIpc) is 2.73. The zero-order valence-corrected chi connectivity index (χ0v) is 21.2. The first-order valence-corrected chi connectivity index (χ1v) is 11.7. The van der Waals surface area contributed by atoms with Crippen LogP contribution in [-0.4, -0.2) is 10.9 Å². The second-order valence-corrected chi connectivity index (χ2v) is 9.61. The van der Waals surface area contributed by atoms with Crippen LogP contribution in [0.15, 0.2) is 53.0 Å². The number of aryl methyl sites for hydroxylation is 2. The van der Waals surface area contributed by atoms with E-state index < -0.39 is 0 Å². The SMILES string of the molecule is Cc1cc(C)c2nc(-c3cccc(Cl)c3)c(C)c(C(=O)Nc3ccc(Br)c(Cl)c3C)c2c1. The maximum atomic E-state index is 13.7. The molecule has 1 aromatic heterocycles. The van der Waals surface area contributed by atoms with E-state index in [-0.39, 0.29) is 5.91 Å². The van der Waals surface area contributed by atoms with Gasteiger partial charge in [-0.2, -0.15) is 0 Å². The average molecular weight is 528 g/mol. The summed E-state index contributed by atoms with van der Waals surface area (Å²) in [5.41, 5.74) is 7.35. The molecular weight excluding hydrogens is 507 g/mol. The number of hydrogen-bond donors (Lipinski definition) is 1. The number of aromatic nitrogens is 1. The molecule has 0 aliphatic rings. The minimum Gasteiger partial charge on any atom is -0.322 e. The largest absolute Gasteiger partial charge is 0.322 e. The fourth-order valence-corrected chi connectivity index (χ4v) is 4.78. The first-order valence-electron chi connectivity index (χ1n) is 10.1. The summed E-state index contributed by atoms with van der Waals surface area (Å²) in [6, 6.07) is 15.3. The van der Waals surface area contributed by atoms with Crippen LogP contribution in [0.4, 0.5) is 5.69 Å². The van der Waals surface area contributed by atoms with Crippen molar-refractivity contribution < 1.29 is 4.79 Å². The number of rotatable bonds is 3. The Bertz CT molecular complexity index is 1400. The molecule has 4 aromatic rings. The number of hydrogen-bond acceptors (Lipinski definition) is 2. The number of carbonyl (C=O) groups is 1. The maximum Gasteiger partial charge on any atom is 0.256 e. The summed E-state index contributed by atoms with van der Waals surface area (Å²) in [4.78, 5) is 18.6. The summed E-state index contributed by atoms with van der Waals surface area (Å²) in [5.74, 6) is -0.204. The molecular formula is C26H21BrCl2N2O. The van der Waals surface area contributed by atoms with Crippen molar-refractivity contribution in [1.29, 1.82) is 0 Å². The predicted molar refractivity (Wildman–Crippen MR) is 138 cm³/mol. The third kappa shape index (κ3) is 4.15. The summed E-state index contributed by atoms with van der Waals surface area (Å²) in [7, 11) is 0. The lowest BCUT2D eigenvalue weighted by molar-refractivity contribution is 0.102. The molecule has 4 rings (SSSR count). The highest BCUT2D eigenvalue weighted by atomic mass is 79.9. The van der Waals surface area contributed by atoms with Crippen LogP contribution in [0, 0.1) is 27.7 Å². The van der Waals surface area contributed by atoms with Gasteiger partial charge in [0.15, 0.2) is 0 Å². The van der Waals surface area contributed by atoms with Crippen LogP contribution in [0.2, 0.25) is 10.0 Å². The summed E-state index contributed by atoms with van der Waals surface area (Å²) in [6.45, 7) is 7.84. The number of carbonyl (C=O) groups excluding carboxylic acids is 1. The van der Waals surface area contributed by atoms with Gasteiger partial charge in [0.1, 0.15) is 0 Å². The molecule has 0 spiro atoms. The van der Waals surface area contributed by atoms with Gasteiger partial charge in [-0.3, -0.25) is 4.79 Å². The number of nitrogens with zero attached hydrogens (tertiary/aromatic N) is 1. The second-order valence-electron chi connectivity index (χ2n) is 7.94. The van der Waals surface area contributed by atoms with E-state index in [2.05, 4.69) is 27.3 Å². The Labute approximate surface area is 205 Å². The molecule has 0 aliphatic carbocycles.